The highest BCUT2D eigenvalue weighted by Crippen LogP contribution is 2.57. The van der Waals surface area contributed by atoms with Gasteiger partial charge in [-0.15, -0.1) is 0 Å². The second kappa shape index (κ2) is 7.35. The van der Waals surface area contributed by atoms with Gasteiger partial charge < -0.3 is 10.0 Å². The van der Waals surface area contributed by atoms with Gasteiger partial charge in [0.1, 0.15) is 6.54 Å². The predicted molar refractivity (Wildman–Crippen MR) is 108 cm³/mol. The van der Waals surface area contributed by atoms with Crippen LogP contribution in [0.4, 0.5) is 13.2 Å². The molecule has 2 aliphatic carbocycles. The summed E-state index contributed by atoms with van der Waals surface area (Å²) in [6.45, 7) is 2.43. The molecular formula is C23H24F3N3O3. The van der Waals surface area contributed by atoms with E-state index in [9.17, 15) is 27.9 Å². The van der Waals surface area contributed by atoms with Gasteiger partial charge >= 0.3 is 12.1 Å². The molecule has 2 heterocycles. The molecular weight excluding hydrogens is 423 g/mol. The first-order valence-electron chi connectivity index (χ1n) is 10.9. The lowest BCUT2D eigenvalue weighted by atomic mass is 9.85. The minimum Gasteiger partial charge on any atom is -0.476 e. The van der Waals surface area contributed by atoms with E-state index in [1.54, 1.807) is 15.6 Å². The summed E-state index contributed by atoms with van der Waals surface area (Å²) in [4.78, 5) is 26.2. The van der Waals surface area contributed by atoms with Gasteiger partial charge in [0.25, 0.3) is 0 Å². The predicted octanol–water partition coefficient (Wildman–Crippen LogP) is 3.97. The molecule has 0 spiro atoms. The van der Waals surface area contributed by atoms with Crippen molar-refractivity contribution < 1.29 is 27.9 Å². The number of carboxylic acids is 1. The minimum absolute atomic E-state index is 0.00229. The molecule has 5 rings (SSSR count). The van der Waals surface area contributed by atoms with E-state index in [1.807, 2.05) is 0 Å². The quantitative estimate of drug-likeness (QED) is 0.770. The summed E-state index contributed by atoms with van der Waals surface area (Å²) in [5.74, 6) is -0.467. The van der Waals surface area contributed by atoms with E-state index in [4.69, 9.17) is 0 Å². The Bertz CT molecular complexity index is 1100. The number of alkyl halides is 3. The number of halogens is 3. The lowest BCUT2D eigenvalue weighted by molar-refractivity contribution is -0.138. The number of rotatable bonds is 4. The third kappa shape index (κ3) is 3.47. The average Bonchev–Trinajstić information content (AvgIpc) is 3.26. The summed E-state index contributed by atoms with van der Waals surface area (Å²) in [7, 11) is 0. The lowest BCUT2D eigenvalue weighted by Crippen LogP contribution is -2.40. The Kier molecular flexibility index (Phi) is 4.83. The SMILES string of the molecule is Cc1c(C2CCN(C(=O)Cn3nc(C(=O)O)c4c3C[C@H]3C[C@@H]43)CC2)cccc1C(F)(F)F. The Hall–Kier alpha value is -2.84. The molecule has 1 saturated heterocycles. The zero-order valence-corrected chi connectivity index (χ0v) is 17.7. The Labute approximate surface area is 183 Å². The van der Waals surface area contributed by atoms with E-state index in [1.165, 1.54) is 13.0 Å². The largest absolute Gasteiger partial charge is 0.476 e. The van der Waals surface area contributed by atoms with E-state index in [2.05, 4.69) is 5.10 Å². The average molecular weight is 447 g/mol. The number of piperidine rings is 1. The van der Waals surface area contributed by atoms with Gasteiger partial charge in [0.2, 0.25) is 5.91 Å². The highest BCUT2D eigenvalue weighted by atomic mass is 19.4. The number of carbonyl (C=O) groups is 2. The maximum atomic E-state index is 13.2. The molecule has 1 saturated carbocycles. The number of benzene rings is 1. The maximum absolute atomic E-state index is 13.2. The molecule has 0 radical (unpaired) electrons. The highest BCUT2D eigenvalue weighted by molar-refractivity contribution is 5.88. The zero-order valence-electron chi connectivity index (χ0n) is 17.7. The van der Waals surface area contributed by atoms with Crippen molar-refractivity contribution in [3.63, 3.8) is 0 Å². The van der Waals surface area contributed by atoms with Gasteiger partial charge in [0, 0.05) is 24.3 Å². The molecule has 2 atom stereocenters. The summed E-state index contributed by atoms with van der Waals surface area (Å²) in [5, 5.41) is 13.7. The number of aromatic carboxylic acids is 1. The first-order chi connectivity index (χ1) is 15.1. The zero-order chi connectivity index (χ0) is 22.8. The molecule has 9 heteroatoms. The van der Waals surface area contributed by atoms with Crippen molar-refractivity contribution in [1.29, 1.82) is 0 Å². The van der Waals surface area contributed by atoms with Crippen molar-refractivity contribution in [2.24, 2.45) is 5.92 Å². The third-order valence-corrected chi connectivity index (χ3v) is 7.30. The topological polar surface area (TPSA) is 75.4 Å². The van der Waals surface area contributed by atoms with Crippen LogP contribution in [0.25, 0.3) is 0 Å². The van der Waals surface area contributed by atoms with E-state index < -0.39 is 17.7 Å². The van der Waals surface area contributed by atoms with Crippen LogP contribution in [0.3, 0.4) is 0 Å². The van der Waals surface area contributed by atoms with Crippen LogP contribution in [0.5, 0.6) is 0 Å². The Balaban J connectivity index is 1.26. The van der Waals surface area contributed by atoms with Gasteiger partial charge in [-0.05, 0) is 67.6 Å². The van der Waals surface area contributed by atoms with Crippen molar-refractivity contribution in [3.8, 4) is 0 Å². The molecule has 2 fully saturated rings. The fraction of sp³-hybridized carbons (Fsp3) is 0.522. The molecule has 170 valence electrons. The molecule has 1 aromatic heterocycles. The Morgan fingerprint density at radius 2 is 1.94 bits per heavy atom. The summed E-state index contributed by atoms with van der Waals surface area (Å²) in [5.41, 5.74) is 2.09. The summed E-state index contributed by atoms with van der Waals surface area (Å²) in [6, 6.07) is 4.30. The van der Waals surface area contributed by atoms with Crippen molar-refractivity contribution in [3.05, 3.63) is 51.8 Å². The van der Waals surface area contributed by atoms with Crippen LogP contribution in [-0.4, -0.2) is 44.8 Å². The number of aromatic nitrogens is 2. The normalized spacial score (nSPS) is 22.6. The number of hydrogen-bond acceptors (Lipinski definition) is 3. The number of amides is 1. The van der Waals surface area contributed by atoms with Crippen molar-refractivity contribution >= 4 is 11.9 Å². The van der Waals surface area contributed by atoms with Gasteiger partial charge in [-0.1, -0.05) is 12.1 Å². The highest BCUT2D eigenvalue weighted by Gasteiger charge is 2.50. The number of carbonyl (C=O) groups excluding carboxylic acids is 1. The van der Waals surface area contributed by atoms with Crippen molar-refractivity contribution in [2.75, 3.05) is 13.1 Å². The van der Waals surface area contributed by atoms with Gasteiger partial charge in [-0.3, -0.25) is 9.48 Å². The maximum Gasteiger partial charge on any atom is 0.416 e. The van der Waals surface area contributed by atoms with Gasteiger partial charge in [-0.2, -0.15) is 18.3 Å². The molecule has 1 amide bonds. The van der Waals surface area contributed by atoms with Crippen LogP contribution in [0, 0.1) is 12.8 Å². The van der Waals surface area contributed by atoms with Crippen LogP contribution in [0.15, 0.2) is 18.2 Å². The molecule has 0 unspecified atom stereocenters. The number of likely N-dealkylation sites (tertiary alicyclic amines) is 1. The van der Waals surface area contributed by atoms with Crippen molar-refractivity contribution in [1.82, 2.24) is 14.7 Å². The fourth-order valence-electron chi connectivity index (χ4n) is 5.55. The molecule has 0 bridgehead atoms. The second-order valence-corrected chi connectivity index (χ2v) is 9.15. The van der Waals surface area contributed by atoms with Crippen LogP contribution < -0.4 is 0 Å². The molecule has 6 nitrogen and oxygen atoms in total. The van der Waals surface area contributed by atoms with E-state index >= 15 is 0 Å². The van der Waals surface area contributed by atoms with Crippen LogP contribution in [0.1, 0.15) is 69.5 Å². The Morgan fingerprint density at radius 1 is 1.22 bits per heavy atom. The van der Waals surface area contributed by atoms with Gasteiger partial charge in [0.15, 0.2) is 5.69 Å². The van der Waals surface area contributed by atoms with Crippen LogP contribution in [0.2, 0.25) is 0 Å². The molecule has 3 aliphatic rings. The van der Waals surface area contributed by atoms with E-state index in [-0.39, 0.29) is 35.5 Å². The molecule has 1 aliphatic heterocycles. The second-order valence-electron chi connectivity index (χ2n) is 9.15. The van der Waals surface area contributed by atoms with Crippen LogP contribution in [-0.2, 0) is 23.9 Å². The number of nitrogens with zero attached hydrogens (tertiary/aromatic N) is 3. The van der Waals surface area contributed by atoms with Gasteiger partial charge in [-0.25, -0.2) is 4.79 Å². The van der Waals surface area contributed by atoms with Crippen molar-refractivity contribution in [2.45, 2.75) is 57.2 Å². The summed E-state index contributed by atoms with van der Waals surface area (Å²) >= 11 is 0. The molecule has 1 N–H and O–H groups in total. The van der Waals surface area contributed by atoms with Gasteiger partial charge in [0.05, 0.1) is 5.56 Å². The molecule has 2 aromatic rings. The van der Waals surface area contributed by atoms with Crippen LogP contribution >= 0.6 is 0 Å². The number of hydrogen-bond donors (Lipinski definition) is 1. The first kappa shape index (κ1) is 21.0. The molecule has 32 heavy (non-hydrogen) atoms. The standard InChI is InChI=1S/C23H24F3N3O3/c1-12-15(3-2-4-17(12)23(24,25)26)13-5-7-28(8-6-13)19(30)11-29-18-10-14-9-16(14)20(18)21(27-29)22(31)32/h2-4,13-14,16H,5-11H2,1H3,(H,31,32)/t14-,16-/m1/s1. The monoisotopic (exact) mass is 447 g/mol. The number of fused-ring (bicyclic) bond motifs is 3. The smallest absolute Gasteiger partial charge is 0.416 e. The first-order valence-corrected chi connectivity index (χ1v) is 10.9. The summed E-state index contributed by atoms with van der Waals surface area (Å²) < 4.78 is 41.3. The van der Waals surface area contributed by atoms with E-state index in [0.717, 1.165) is 30.2 Å². The van der Waals surface area contributed by atoms with E-state index in [0.29, 0.717) is 37.4 Å². The minimum atomic E-state index is -4.38. The lowest BCUT2D eigenvalue weighted by Gasteiger charge is -2.33. The fourth-order valence-corrected chi connectivity index (χ4v) is 5.55. The Morgan fingerprint density at radius 3 is 2.59 bits per heavy atom. The number of carboxylic acid groups (broad SMARTS) is 1. The molecule has 1 aromatic carbocycles. The summed E-state index contributed by atoms with van der Waals surface area (Å²) in [6.07, 6.45) is -1.43. The third-order valence-electron chi connectivity index (χ3n) is 7.30.